The quantitative estimate of drug-likeness (QED) is 0.767. The van der Waals surface area contributed by atoms with Gasteiger partial charge in [0.25, 0.3) is 5.92 Å². The Morgan fingerprint density at radius 1 is 1.21 bits per heavy atom. The number of aromatic amines is 1. The van der Waals surface area contributed by atoms with Gasteiger partial charge < -0.3 is 10.6 Å². The lowest BCUT2D eigenvalue weighted by Gasteiger charge is -2.42. The summed E-state index contributed by atoms with van der Waals surface area (Å²) < 4.78 is 27.9. The number of allylic oxidation sites excluding steroid dienone is 4. The number of aromatic nitrogens is 4. The van der Waals surface area contributed by atoms with Crippen LogP contribution in [0.3, 0.4) is 0 Å². The Hall–Kier alpha value is -2.06. The van der Waals surface area contributed by atoms with Gasteiger partial charge in [-0.3, -0.25) is 5.10 Å². The number of rotatable bonds is 2. The van der Waals surface area contributed by atoms with E-state index in [-0.39, 0.29) is 6.42 Å². The zero-order valence-corrected chi connectivity index (χ0v) is 16.7. The van der Waals surface area contributed by atoms with Crippen molar-refractivity contribution in [2.24, 2.45) is 11.1 Å². The average Bonchev–Trinajstić information content (AvgIpc) is 3.24. The molecule has 3 heterocycles. The highest BCUT2D eigenvalue weighted by molar-refractivity contribution is 6.31. The lowest BCUT2D eigenvalue weighted by molar-refractivity contribution is -0.0279. The number of nitrogens with one attached hydrogen (secondary N) is 1. The molecule has 2 aromatic rings. The largest absolute Gasteiger partial charge is 0.355 e. The number of piperidine rings is 1. The molecule has 6 nitrogen and oxygen atoms in total. The molecule has 1 spiro atoms. The summed E-state index contributed by atoms with van der Waals surface area (Å²) in [6.07, 6.45) is 9.09. The first-order chi connectivity index (χ1) is 13.9. The highest BCUT2D eigenvalue weighted by Crippen LogP contribution is 2.52. The molecule has 0 amide bonds. The second-order valence-corrected chi connectivity index (χ2v) is 8.82. The van der Waals surface area contributed by atoms with E-state index in [1.807, 2.05) is 12.2 Å². The molecule has 3 N–H and O–H groups in total. The molecule has 1 saturated carbocycles. The Bertz CT molecular complexity index is 1010. The molecule has 1 atom stereocenters. The second kappa shape index (κ2) is 6.74. The number of alkyl halides is 2. The molecular weight excluding hydrogens is 398 g/mol. The van der Waals surface area contributed by atoms with Crippen molar-refractivity contribution in [1.82, 2.24) is 20.2 Å². The van der Waals surface area contributed by atoms with Gasteiger partial charge in [-0.05, 0) is 49.2 Å². The van der Waals surface area contributed by atoms with Gasteiger partial charge in [-0.15, -0.1) is 0 Å². The van der Waals surface area contributed by atoms with Crippen LogP contribution in [0.5, 0.6) is 0 Å². The van der Waals surface area contributed by atoms with Crippen LogP contribution in [0.1, 0.15) is 44.2 Å². The molecule has 2 fully saturated rings. The molecule has 154 valence electrons. The van der Waals surface area contributed by atoms with E-state index in [4.69, 9.17) is 17.3 Å². The second-order valence-electron chi connectivity index (χ2n) is 8.38. The van der Waals surface area contributed by atoms with E-state index in [0.29, 0.717) is 38.0 Å². The predicted molar refractivity (Wildman–Crippen MR) is 109 cm³/mol. The first kappa shape index (κ1) is 18.9. The van der Waals surface area contributed by atoms with Gasteiger partial charge in [0, 0.05) is 24.5 Å². The van der Waals surface area contributed by atoms with Crippen LogP contribution in [0.2, 0.25) is 0 Å². The summed E-state index contributed by atoms with van der Waals surface area (Å²) in [6.45, 7) is 1.29. The van der Waals surface area contributed by atoms with Crippen molar-refractivity contribution in [3.05, 3.63) is 29.1 Å². The van der Waals surface area contributed by atoms with Gasteiger partial charge in [0.1, 0.15) is 11.3 Å². The molecular formula is C20H23ClF2N6. The smallest absolute Gasteiger partial charge is 0.263 e. The SMILES string of the molecule is NC1C(F)(F)CCC12CCN(c1cnc3c(C4=CC(Cl)=CCC4)[nH]nc3n1)CC2. The van der Waals surface area contributed by atoms with Crippen LogP contribution in [0.4, 0.5) is 14.6 Å². The van der Waals surface area contributed by atoms with Crippen molar-refractivity contribution < 1.29 is 8.78 Å². The Kier molecular flexibility index (Phi) is 4.40. The summed E-state index contributed by atoms with van der Waals surface area (Å²) in [7, 11) is 0. The highest BCUT2D eigenvalue weighted by Gasteiger charge is 2.57. The fourth-order valence-electron chi connectivity index (χ4n) is 4.94. The number of hydrogen-bond acceptors (Lipinski definition) is 5. The summed E-state index contributed by atoms with van der Waals surface area (Å²) in [5.41, 5.74) is 8.66. The van der Waals surface area contributed by atoms with Gasteiger partial charge in [-0.2, -0.15) is 5.10 Å². The molecule has 9 heteroatoms. The Morgan fingerprint density at radius 2 is 2.00 bits per heavy atom. The maximum Gasteiger partial charge on any atom is 0.263 e. The van der Waals surface area contributed by atoms with E-state index in [1.54, 1.807) is 6.20 Å². The fourth-order valence-corrected chi connectivity index (χ4v) is 5.18. The zero-order chi connectivity index (χ0) is 20.2. The number of nitrogens with zero attached hydrogens (tertiary/aromatic N) is 4. The number of H-pyrrole nitrogens is 1. The van der Waals surface area contributed by atoms with Crippen molar-refractivity contribution >= 4 is 34.2 Å². The summed E-state index contributed by atoms with van der Waals surface area (Å²) in [6, 6.07) is -1.05. The van der Waals surface area contributed by atoms with Crippen molar-refractivity contribution in [2.45, 2.75) is 50.5 Å². The van der Waals surface area contributed by atoms with Crippen LogP contribution >= 0.6 is 11.6 Å². The van der Waals surface area contributed by atoms with E-state index in [0.717, 1.165) is 40.5 Å². The third-order valence-electron chi connectivity index (χ3n) is 6.79. The first-order valence-electron chi connectivity index (χ1n) is 10.0. The van der Waals surface area contributed by atoms with Crippen molar-refractivity contribution in [3.8, 4) is 0 Å². The number of hydrogen-bond donors (Lipinski definition) is 2. The third-order valence-corrected chi connectivity index (χ3v) is 7.06. The molecule has 2 aliphatic carbocycles. The van der Waals surface area contributed by atoms with Gasteiger partial charge in [-0.25, -0.2) is 18.7 Å². The monoisotopic (exact) mass is 420 g/mol. The number of nitrogens with two attached hydrogens (primary N) is 1. The summed E-state index contributed by atoms with van der Waals surface area (Å²) >= 11 is 6.14. The highest BCUT2D eigenvalue weighted by atomic mass is 35.5. The van der Waals surface area contributed by atoms with Crippen LogP contribution < -0.4 is 10.6 Å². The number of anilines is 1. The van der Waals surface area contributed by atoms with Crippen molar-refractivity contribution in [1.29, 1.82) is 0 Å². The van der Waals surface area contributed by atoms with E-state index in [9.17, 15) is 8.78 Å². The van der Waals surface area contributed by atoms with E-state index in [2.05, 4.69) is 25.1 Å². The van der Waals surface area contributed by atoms with Crippen LogP contribution in [0.15, 0.2) is 23.4 Å². The molecule has 1 aliphatic heterocycles. The minimum Gasteiger partial charge on any atom is -0.355 e. The van der Waals surface area contributed by atoms with Gasteiger partial charge >= 0.3 is 0 Å². The minimum absolute atomic E-state index is 0.106. The first-order valence-corrected chi connectivity index (χ1v) is 10.4. The normalized spacial score (nSPS) is 26.1. The van der Waals surface area contributed by atoms with Gasteiger partial charge in [0.15, 0.2) is 0 Å². The van der Waals surface area contributed by atoms with E-state index in [1.165, 1.54) is 0 Å². The molecule has 1 saturated heterocycles. The fraction of sp³-hybridized carbons (Fsp3) is 0.550. The maximum absolute atomic E-state index is 14.0. The van der Waals surface area contributed by atoms with Crippen LogP contribution in [0.25, 0.3) is 16.7 Å². The topological polar surface area (TPSA) is 83.7 Å². The van der Waals surface area contributed by atoms with Crippen LogP contribution in [-0.2, 0) is 0 Å². The number of fused-ring (bicyclic) bond motifs is 1. The van der Waals surface area contributed by atoms with Crippen LogP contribution in [0, 0.1) is 5.41 Å². The Labute approximate surface area is 172 Å². The minimum atomic E-state index is -2.75. The molecule has 0 radical (unpaired) electrons. The zero-order valence-electron chi connectivity index (χ0n) is 16.0. The molecule has 2 aromatic heterocycles. The van der Waals surface area contributed by atoms with Crippen molar-refractivity contribution in [3.63, 3.8) is 0 Å². The summed E-state index contributed by atoms with van der Waals surface area (Å²) in [5.74, 6) is -2.03. The summed E-state index contributed by atoms with van der Waals surface area (Å²) in [4.78, 5) is 11.4. The van der Waals surface area contributed by atoms with E-state index < -0.39 is 17.4 Å². The average molecular weight is 421 g/mol. The van der Waals surface area contributed by atoms with Gasteiger partial charge in [0.2, 0.25) is 5.65 Å². The predicted octanol–water partition coefficient (Wildman–Crippen LogP) is 4.00. The Morgan fingerprint density at radius 3 is 2.69 bits per heavy atom. The molecule has 5 rings (SSSR count). The molecule has 0 bridgehead atoms. The molecule has 29 heavy (non-hydrogen) atoms. The molecule has 0 aromatic carbocycles. The maximum atomic E-state index is 14.0. The Balaban J connectivity index is 1.36. The lowest BCUT2D eigenvalue weighted by atomic mass is 9.74. The standard InChI is InChI=1S/C20H23ClF2N6/c21-13-3-1-2-12(10-13)15-16-17(28-27-15)26-14(11-25-16)29-8-6-19(7-9-29)4-5-20(22,23)18(19)24/h3,10-11,18H,1-2,4-9,24H2,(H,26,27,28). The third kappa shape index (κ3) is 3.13. The van der Waals surface area contributed by atoms with Gasteiger partial charge in [-0.1, -0.05) is 17.7 Å². The summed E-state index contributed by atoms with van der Waals surface area (Å²) in [5, 5.41) is 8.09. The number of halogens is 3. The molecule has 1 unspecified atom stereocenters. The lowest BCUT2D eigenvalue weighted by Crippen LogP contribution is -2.52. The van der Waals surface area contributed by atoms with Crippen molar-refractivity contribution in [2.75, 3.05) is 18.0 Å². The van der Waals surface area contributed by atoms with Gasteiger partial charge in [0.05, 0.1) is 17.9 Å². The van der Waals surface area contributed by atoms with Crippen LogP contribution in [-0.4, -0.2) is 45.2 Å². The van der Waals surface area contributed by atoms with E-state index >= 15 is 0 Å². The molecule has 3 aliphatic rings.